The molecule has 1 saturated heterocycles. The maximum Gasteiger partial charge on any atom is 0.0956 e. The second-order valence-electron chi connectivity index (χ2n) is 4.21. The van der Waals surface area contributed by atoms with Gasteiger partial charge in [0.15, 0.2) is 0 Å². The van der Waals surface area contributed by atoms with E-state index in [4.69, 9.17) is 4.74 Å². The summed E-state index contributed by atoms with van der Waals surface area (Å²) in [5.74, 6) is 0. The first-order valence-electron chi connectivity index (χ1n) is 5.24. The quantitative estimate of drug-likeness (QED) is 0.688. The van der Waals surface area contributed by atoms with Crippen molar-refractivity contribution in [1.29, 1.82) is 0 Å². The van der Waals surface area contributed by atoms with Crippen molar-refractivity contribution in [2.45, 2.75) is 31.3 Å². The summed E-state index contributed by atoms with van der Waals surface area (Å²) in [5, 5.41) is 0. The number of ether oxygens (including phenoxy) is 1. The Labute approximate surface area is 92.6 Å². The van der Waals surface area contributed by atoms with Crippen molar-refractivity contribution in [2.24, 2.45) is 0 Å². The molecule has 1 unspecified atom stereocenters. The highest BCUT2D eigenvalue weighted by atomic mass is 79.9. The number of hydrogen-bond acceptors (Lipinski definition) is 1. The molecule has 0 aromatic heterocycles. The molecule has 3 rings (SSSR count). The van der Waals surface area contributed by atoms with Crippen molar-refractivity contribution in [2.75, 3.05) is 6.61 Å². The predicted molar refractivity (Wildman–Crippen MR) is 59.3 cm³/mol. The van der Waals surface area contributed by atoms with E-state index in [1.807, 2.05) is 0 Å². The van der Waals surface area contributed by atoms with Gasteiger partial charge in [0, 0.05) is 10.9 Å². The SMILES string of the molecule is Brc1cccc2c1CCCC21CCO1. The van der Waals surface area contributed by atoms with E-state index < -0.39 is 0 Å². The summed E-state index contributed by atoms with van der Waals surface area (Å²) in [6.45, 7) is 0.936. The Hall–Kier alpha value is -0.340. The van der Waals surface area contributed by atoms with Crippen LogP contribution in [-0.2, 0) is 16.8 Å². The molecule has 1 aromatic rings. The molecule has 0 saturated carbocycles. The fourth-order valence-electron chi connectivity index (χ4n) is 2.68. The lowest BCUT2D eigenvalue weighted by atomic mass is 9.75. The molecule has 2 heteroatoms. The molecule has 1 aliphatic carbocycles. The van der Waals surface area contributed by atoms with Crippen LogP contribution in [0.1, 0.15) is 30.4 Å². The van der Waals surface area contributed by atoms with Gasteiger partial charge in [0.2, 0.25) is 0 Å². The van der Waals surface area contributed by atoms with E-state index >= 15 is 0 Å². The van der Waals surface area contributed by atoms with Gasteiger partial charge < -0.3 is 4.74 Å². The first-order valence-corrected chi connectivity index (χ1v) is 6.03. The van der Waals surface area contributed by atoms with E-state index in [0.29, 0.717) is 0 Å². The van der Waals surface area contributed by atoms with Crippen molar-refractivity contribution < 1.29 is 4.74 Å². The second-order valence-corrected chi connectivity index (χ2v) is 5.07. The molecule has 1 atom stereocenters. The average molecular weight is 253 g/mol. The molecule has 1 aromatic carbocycles. The van der Waals surface area contributed by atoms with Crippen molar-refractivity contribution in [3.05, 3.63) is 33.8 Å². The molecule has 1 heterocycles. The van der Waals surface area contributed by atoms with Crippen LogP contribution in [0.3, 0.4) is 0 Å². The van der Waals surface area contributed by atoms with Gasteiger partial charge in [0.25, 0.3) is 0 Å². The monoisotopic (exact) mass is 252 g/mol. The fraction of sp³-hybridized carbons (Fsp3) is 0.500. The smallest absolute Gasteiger partial charge is 0.0956 e. The lowest BCUT2D eigenvalue weighted by molar-refractivity contribution is -0.163. The largest absolute Gasteiger partial charge is 0.370 e. The van der Waals surface area contributed by atoms with E-state index in [-0.39, 0.29) is 5.60 Å². The summed E-state index contributed by atoms with van der Waals surface area (Å²) >= 11 is 3.63. The number of fused-ring (bicyclic) bond motifs is 2. The van der Waals surface area contributed by atoms with Gasteiger partial charge in [0.1, 0.15) is 0 Å². The van der Waals surface area contributed by atoms with Crippen LogP contribution in [0.5, 0.6) is 0 Å². The molecular weight excluding hydrogens is 240 g/mol. The summed E-state index contributed by atoms with van der Waals surface area (Å²) in [6.07, 6.45) is 4.87. The first-order chi connectivity index (χ1) is 6.82. The number of rotatable bonds is 0. The molecule has 0 amide bonds. The maximum atomic E-state index is 5.82. The highest BCUT2D eigenvalue weighted by Gasteiger charge is 2.43. The van der Waals surface area contributed by atoms with E-state index in [2.05, 4.69) is 34.1 Å². The van der Waals surface area contributed by atoms with E-state index in [9.17, 15) is 0 Å². The first kappa shape index (κ1) is 8.93. The Kier molecular flexibility index (Phi) is 1.96. The molecule has 0 N–H and O–H groups in total. The van der Waals surface area contributed by atoms with Gasteiger partial charge in [-0.2, -0.15) is 0 Å². The predicted octanol–water partition coefficient (Wildman–Crippen LogP) is 3.40. The Balaban J connectivity index is 2.15. The van der Waals surface area contributed by atoms with Crippen LogP contribution in [0.15, 0.2) is 22.7 Å². The van der Waals surface area contributed by atoms with Crippen LogP contribution in [0.25, 0.3) is 0 Å². The number of benzene rings is 1. The maximum absolute atomic E-state index is 5.82. The summed E-state index contributed by atoms with van der Waals surface area (Å²) in [5.41, 5.74) is 3.00. The molecule has 74 valence electrons. The lowest BCUT2D eigenvalue weighted by Crippen LogP contribution is -2.43. The van der Waals surface area contributed by atoms with Gasteiger partial charge >= 0.3 is 0 Å². The molecule has 2 aliphatic rings. The minimum absolute atomic E-state index is 0.0946. The zero-order chi connectivity index (χ0) is 9.60. The molecule has 0 bridgehead atoms. The van der Waals surface area contributed by atoms with Crippen LogP contribution in [-0.4, -0.2) is 6.61 Å². The van der Waals surface area contributed by atoms with Crippen LogP contribution < -0.4 is 0 Å². The Bertz CT molecular complexity index is 369. The minimum atomic E-state index is 0.0946. The van der Waals surface area contributed by atoms with Crippen molar-refractivity contribution in [3.8, 4) is 0 Å². The van der Waals surface area contributed by atoms with Crippen LogP contribution in [0, 0.1) is 0 Å². The van der Waals surface area contributed by atoms with Crippen molar-refractivity contribution in [3.63, 3.8) is 0 Å². The van der Waals surface area contributed by atoms with Crippen LogP contribution in [0.2, 0.25) is 0 Å². The van der Waals surface area contributed by atoms with Crippen LogP contribution >= 0.6 is 15.9 Å². The minimum Gasteiger partial charge on any atom is -0.370 e. The second kappa shape index (κ2) is 3.07. The van der Waals surface area contributed by atoms with Crippen molar-refractivity contribution in [1.82, 2.24) is 0 Å². The van der Waals surface area contributed by atoms with Gasteiger partial charge in [-0.05, 0) is 36.5 Å². The molecule has 1 fully saturated rings. The third kappa shape index (κ3) is 1.10. The third-order valence-corrected chi connectivity index (χ3v) is 4.24. The van der Waals surface area contributed by atoms with Gasteiger partial charge in [-0.25, -0.2) is 0 Å². The standard InChI is InChI=1S/C12H13BrO/c13-11-5-1-4-10-9(11)3-2-6-12(10)7-8-14-12/h1,4-5H,2-3,6-8H2. The third-order valence-electron chi connectivity index (χ3n) is 3.50. The van der Waals surface area contributed by atoms with Crippen molar-refractivity contribution >= 4 is 15.9 Å². The summed E-state index contributed by atoms with van der Waals surface area (Å²) in [6, 6.07) is 6.49. The number of halogens is 1. The summed E-state index contributed by atoms with van der Waals surface area (Å²) < 4.78 is 7.07. The van der Waals surface area contributed by atoms with Crippen LogP contribution in [0.4, 0.5) is 0 Å². The molecule has 0 radical (unpaired) electrons. The topological polar surface area (TPSA) is 9.23 Å². The fourth-order valence-corrected chi connectivity index (χ4v) is 3.25. The molecular formula is C12H13BrO. The summed E-state index contributed by atoms with van der Waals surface area (Å²) in [4.78, 5) is 0. The highest BCUT2D eigenvalue weighted by molar-refractivity contribution is 9.10. The Morgan fingerprint density at radius 1 is 1.29 bits per heavy atom. The zero-order valence-electron chi connectivity index (χ0n) is 8.05. The van der Waals surface area contributed by atoms with Gasteiger partial charge in [-0.15, -0.1) is 0 Å². The Morgan fingerprint density at radius 2 is 2.14 bits per heavy atom. The normalized spacial score (nSPS) is 29.8. The zero-order valence-corrected chi connectivity index (χ0v) is 9.64. The average Bonchev–Trinajstić information content (AvgIpc) is 2.15. The van der Waals surface area contributed by atoms with Gasteiger partial charge in [0.05, 0.1) is 12.2 Å². The highest BCUT2D eigenvalue weighted by Crippen LogP contribution is 2.47. The Morgan fingerprint density at radius 3 is 2.86 bits per heavy atom. The van der Waals surface area contributed by atoms with E-state index in [1.165, 1.54) is 41.3 Å². The molecule has 1 aliphatic heterocycles. The molecule has 14 heavy (non-hydrogen) atoms. The van der Waals surface area contributed by atoms with Gasteiger partial charge in [-0.3, -0.25) is 0 Å². The van der Waals surface area contributed by atoms with Gasteiger partial charge in [-0.1, -0.05) is 28.1 Å². The summed E-state index contributed by atoms with van der Waals surface area (Å²) in [7, 11) is 0. The number of hydrogen-bond donors (Lipinski definition) is 0. The van der Waals surface area contributed by atoms with E-state index in [1.54, 1.807) is 0 Å². The lowest BCUT2D eigenvalue weighted by Gasteiger charge is -2.46. The van der Waals surface area contributed by atoms with E-state index in [0.717, 1.165) is 6.61 Å². The molecule has 1 nitrogen and oxygen atoms in total. The molecule has 1 spiro atoms.